The summed E-state index contributed by atoms with van der Waals surface area (Å²) in [6, 6.07) is 8.73. The molecular weight excluding hydrogens is 399 g/mol. The predicted octanol–water partition coefficient (Wildman–Crippen LogP) is 2.96. The number of carbonyl (C=O) groups excluding carboxylic acids is 1. The molecule has 1 amide bonds. The molecule has 2 N–H and O–H groups in total. The van der Waals surface area contributed by atoms with Gasteiger partial charge in [0, 0.05) is 36.5 Å². The Morgan fingerprint density at radius 1 is 1.23 bits per heavy atom. The van der Waals surface area contributed by atoms with Gasteiger partial charge in [-0.25, -0.2) is 13.9 Å². The molecule has 4 aromatic rings. The maximum atomic E-state index is 13.5. The first-order chi connectivity index (χ1) is 14.8. The second-order valence-electron chi connectivity index (χ2n) is 7.80. The number of H-pyrrole nitrogens is 1. The van der Waals surface area contributed by atoms with Crippen LogP contribution in [0.5, 0.6) is 0 Å². The van der Waals surface area contributed by atoms with Crippen LogP contribution < -0.4 is 10.9 Å². The molecule has 1 atom stereocenters. The monoisotopic (exact) mass is 422 g/mol. The second-order valence-corrected chi connectivity index (χ2v) is 7.80. The van der Waals surface area contributed by atoms with Gasteiger partial charge in [0.1, 0.15) is 5.82 Å². The summed E-state index contributed by atoms with van der Waals surface area (Å²) < 4.78 is 16.5. The van der Waals surface area contributed by atoms with Gasteiger partial charge in [0.15, 0.2) is 5.65 Å². The van der Waals surface area contributed by atoms with Crippen LogP contribution in [0.2, 0.25) is 0 Å². The number of hydrogen-bond acceptors (Lipinski definition) is 4. The third-order valence-electron chi connectivity index (χ3n) is 5.02. The topological polar surface area (TPSA) is 97.1 Å². The van der Waals surface area contributed by atoms with E-state index in [4.69, 9.17) is 0 Å². The van der Waals surface area contributed by atoms with E-state index in [0.717, 1.165) is 5.69 Å². The predicted molar refractivity (Wildman–Crippen MR) is 113 cm³/mol. The van der Waals surface area contributed by atoms with Crippen LogP contribution in [0.3, 0.4) is 0 Å². The Kier molecular flexibility index (Phi) is 5.41. The molecule has 9 heteroatoms. The molecule has 0 saturated heterocycles. The highest BCUT2D eigenvalue weighted by molar-refractivity contribution is 5.94. The molecule has 3 aromatic heterocycles. The van der Waals surface area contributed by atoms with Gasteiger partial charge in [-0.15, -0.1) is 0 Å². The van der Waals surface area contributed by atoms with Crippen LogP contribution in [-0.2, 0) is 6.42 Å². The lowest BCUT2D eigenvalue weighted by Gasteiger charge is -2.19. The van der Waals surface area contributed by atoms with Gasteiger partial charge >= 0.3 is 0 Å². The summed E-state index contributed by atoms with van der Waals surface area (Å²) in [5, 5.41) is 10.1. The van der Waals surface area contributed by atoms with Gasteiger partial charge in [0.25, 0.3) is 11.5 Å². The SMILES string of the molecule is Cc1cc2nc(C[C@H](NC(=O)c3cnn(C(C)C)c3)c3ccc(F)cc3)cc(=O)n2[nH]1. The van der Waals surface area contributed by atoms with Crippen molar-refractivity contribution in [1.29, 1.82) is 0 Å². The van der Waals surface area contributed by atoms with Crippen molar-refractivity contribution < 1.29 is 9.18 Å². The maximum absolute atomic E-state index is 13.5. The fourth-order valence-corrected chi connectivity index (χ4v) is 3.40. The summed E-state index contributed by atoms with van der Waals surface area (Å²) >= 11 is 0. The molecule has 0 bridgehead atoms. The number of nitrogens with one attached hydrogen (secondary N) is 2. The summed E-state index contributed by atoms with van der Waals surface area (Å²) in [6.07, 6.45) is 3.46. The zero-order valence-electron chi connectivity index (χ0n) is 17.5. The first-order valence-electron chi connectivity index (χ1n) is 9.99. The van der Waals surface area contributed by atoms with Crippen LogP contribution in [0.4, 0.5) is 4.39 Å². The summed E-state index contributed by atoms with van der Waals surface area (Å²) in [4.78, 5) is 29.8. The van der Waals surface area contributed by atoms with Gasteiger partial charge in [-0.3, -0.25) is 19.4 Å². The Bertz CT molecular complexity index is 1290. The molecule has 31 heavy (non-hydrogen) atoms. The van der Waals surface area contributed by atoms with Crippen molar-refractivity contribution in [2.24, 2.45) is 0 Å². The van der Waals surface area contributed by atoms with E-state index in [0.29, 0.717) is 22.5 Å². The molecule has 0 spiro atoms. The smallest absolute Gasteiger partial charge is 0.272 e. The first kappa shape index (κ1) is 20.5. The van der Waals surface area contributed by atoms with E-state index in [1.807, 2.05) is 20.8 Å². The third kappa shape index (κ3) is 4.40. The normalized spacial score (nSPS) is 12.4. The molecule has 0 aliphatic heterocycles. The Morgan fingerprint density at radius 2 is 1.97 bits per heavy atom. The van der Waals surface area contributed by atoms with Crippen molar-refractivity contribution in [3.63, 3.8) is 0 Å². The molecule has 0 fully saturated rings. The number of hydrogen-bond donors (Lipinski definition) is 2. The Labute approximate surface area is 177 Å². The van der Waals surface area contributed by atoms with Crippen molar-refractivity contribution in [2.45, 2.75) is 39.3 Å². The van der Waals surface area contributed by atoms with E-state index < -0.39 is 6.04 Å². The molecule has 0 aliphatic rings. The molecule has 0 saturated carbocycles. The fraction of sp³-hybridized carbons (Fsp3) is 0.273. The summed E-state index contributed by atoms with van der Waals surface area (Å²) in [7, 11) is 0. The van der Waals surface area contributed by atoms with Gasteiger partial charge in [-0.2, -0.15) is 5.10 Å². The number of nitrogens with zero attached hydrogens (tertiary/aromatic N) is 4. The molecule has 3 heterocycles. The van der Waals surface area contributed by atoms with Crippen LogP contribution in [0.1, 0.15) is 53.2 Å². The van der Waals surface area contributed by atoms with E-state index in [-0.39, 0.29) is 29.7 Å². The van der Waals surface area contributed by atoms with E-state index in [1.165, 1.54) is 28.9 Å². The van der Waals surface area contributed by atoms with Gasteiger partial charge in [-0.1, -0.05) is 12.1 Å². The quantitative estimate of drug-likeness (QED) is 0.499. The van der Waals surface area contributed by atoms with Gasteiger partial charge in [0.2, 0.25) is 0 Å². The highest BCUT2D eigenvalue weighted by Gasteiger charge is 2.20. The maximum Gasteiger partial charge on any atom is 0.272 e. The molecule has 8 nitrogen and oxygen atoms in total. The Balaban J connectivity index is 1.65. The average molecular weight is 422 g/mol. The number of benzene rings is 1. The van der Waals surface area contributed by atoms with Crippen LogP contribution in [-0.4, -0.2) is 30.3 Å². The number of halogens is 1. The number of carbonyl (C=O) groups is 1. The van der Waals surface area contributed by atoms with E-state index in [9.17, 15) is 14.0 Å². The lowest BCUT2D eigenvalue weighted by atomic mass is 10.0. The molecule has 4 rings (SSSR count). The minimum Gasteiger partial charge on any atom is -0.345 e. The van der Waals surface area contributed by atoms with Gasteiger partial charge in [0.05, 0.1) is 23.5 Å². The Morgan fingerprint density at radius 3 is 2.65 bits per heavy atom. The van der Waals surface area contributed by atoms with Crippen molar-refractivity contribution in [3.8, 4) is 0 Å². The molecule has 160 valence electrons. The van der Waals surface area contributed by atoms with Crippen molar-refractivity contribution >= 4 is 11.6 Å². The lowest BCUT2D eigenvalue weighted by Crippen LogP contribution is -2.30. The van der Waals surface area contributed by atoms with Crippen molar-refractivity contribution in [1.82, 2.24) is 29.7 Å². The molecular formula is C22H23FN6O2. The van der Waals surface area contributed by atoms with Crippen molar-refractivity contribution in [3.05, 3.63) is 87.5 Å². The lowest BCUT2D eigenvalue weighted by molar-refractivity contribution is 0.0936. The van der Waals surface area contributed by atoms with Gasteiger partial charge < -0.3 is 5.32 Å². The standard InChI is InChI=1S/C22H23FN6O2/c1-13(2)28-12-16(11-24-28)22(31)26-19(15-4-6-17(23)7-5-15)9-18-10-21(30)29-20(25-18)8-14(3)27-29/h4-8,10-13,19,27H,9H2,1-3H3,(H,26,31)/t19-/m0/s1. The number of amides is 1. The van der Waals surface area contributed by atoms with Crippen LogP contribution in [0, 0.1) is 12.7 Å². The number of aromatic amines is 1. The fourth-order valence-electron chi connectivity index (χ4n) is 3.40. The summed E-state index contributed by atoms with van der Waals surface area (Å²) in [6.45, 7) is 5.78. The summed E-state index contributed by atoms with van der Waals surface area (Å²) in [5.41, 5.74) is 2.73. The average Bonchev–Trinajstić information content (AvgIpc) is 3.35. The van der Waals surface area contributed by atoms with E-state index >= 15 is 0 Å². The summed E-state index contributed by atoms with van der Waals surface area (Å²) in [5.74, 6) is -0.677. The minimum absolute atomic E-state index is 0.128. The Hall–Kier alpha value is -3.75. The molecule has 0 aliphatic carbocycles. The number of fused-ring (bicyclic) bond motifs is 1. The van der Waals surface area contributed by atoms with Crippen LogP contribution in [0.15, 0.2) is 53.6 Å². The van der Waals surface area contributed by atoms with Crippen LogP contribution in [0.25, 0.3) is 5.65 Å². The molecule has 0 radical (unpaired) electrons. The third-order valence-corrected chi connectivity index (χ3v) is 5.02. The van der Waals surface area contributed by atoms with Crippen molar-refractivity contribution in [2.75, 3.05) is 0 Å². The zero-order chi connectivity index (χ0) is 22.1. The molecule has 0 unspecified atom stereocenters. The zero-order valence-corrected chi connectivity index (χ0v) is 17.5. The van der Waals surface area contributed by atoms with Gasteiger partial charge in [-0.05, 0) is 38.5 Å². The molecule has 1 aromatic carbocycles. The largest absolute Gasteiger partial charge is 0.345 e. The second kappa shape index (κ2) is 8.17. The highest BCUT2D eigenvalue weighted by Crippen LogP contribution is 2.19. The minimum atomic E-state index is -0.509. The number of rotatable bonds is 6. The van der Waals surface area contributed by atoms with E-state index in [2.05, 4.69) is 20.5 Å². The number of aryl methyl sites for hydroxylation is 1. The first-order valence-corrected chi connectivity index (χ1v) is 9.99. The van der Waals surface area contributed by atoms with Crippen LogP contribution >= 0.6 is 0 Å². The number of aromatic nitrogens is 5. The highest BCUT2D eigenvalue weighted by atomic mass is 19.1. The van der Waals surface area contributed by atoms with E-state index in [1.54, 1.807) is 29.1 Å².